The molecular weight excluding hydrogens is 260 g/mol. The second-order valence-electron chi connectivity index (χ2n) is 3.32. The smallest absolute Gasteiger partial charge is 0.407 e. The molecule has 0 saturated carbocycles. The Kier molecular flexibility index (Phi) is 6.32. The predicted molar refractivity (Wildman–Crippen MR) is 55.4 cm³/mol. The zero-order valence-electron chi connectivity index (χ0n) is 9.28. The molecule has 0 aliphatic heterocycles. The van der Waals surface area contributed by atoms with Crippen molar-refractivity contribution in [1.29, 1.82) is 0 Å². The van der Waals surface area contributed by atoms with Gasteiger partial charge in [-0.25, -0.2) is 4.79 Å². The van der Waals surface area contributed by atoms with Crippen molar-refractivity contribution in [3.8, 4) is 0 Å². The summed E-state index contributed by atoms with van der Waals surface area (Å²) in [7, 11) is -5.57. The van der Waals surface area contributed by atoms with Crippen LogP contribution in [0.3, 0.4) is 0 Å². The Hall–Kier alpha value is -0.960. The van der Waals surface area contributed by atoms with Crippen LogP contribution in [-0.2, 0) is 14.9 Å². The summed E-state index contributed by atoms with van der Waals surface area (Å²) in [4.78, 5) is 10.8. The van der Waals surface area contributed by atoms with Crippen LogP contribution in [0.4, 0.5) is 13.6 Å². The Labute approximate surface area is 98.1 Å². The van der Waals surface area contributed by atoms with Gasteiger partial charge in [-0.1, -0.05) is 19.8 Å². The van der Waals surface area contributed by atoms with Gasteiger partial charge in [0.25, 0.3) is 0 Å². The highest BCUT2D eigenvalue weighted by Gasteiger charge is 2.45. The van der Waals surface area contributed by atoms with Crippen LogP contribution in [0.15, 0.2) is 0 Å². The molecule has 0 heterocycles. The fourth-order valence-corrected chi connectivity index (χ4v) is 1.05. The maximum atomic E-state index is 12.6. The van der Waals surface area contributed by atoms with Crippen molar-refractivity contribution in [3.05, 3.63) is 0 Å². The summed E-state index contributed by atoms with van der Waals surface area (Å²) in [5.41, 5.74) is 0. The summed E-state index contributed by atoms with van der Waals surface area (Å²) in [5, 5.41) is -2.32. The molecule has 17 heavy (non-hydrogen) atoms. The maximum Gasteiger partial charge on any atom is 0.407 e. The zero-order valence-corrected chi connectivity index (χ0v) is 10.1. The third-order valence-corrected chi connectivity index (χ3v) is 2.67. The van der Waals surface area contributed by atoms with E-state index in [1.807, 2.05) is 6.92 Å². The lowest BCUT2D eigenvalue weighted by atomic mass is 10.2. The molecule has 0 spiro atoms. The Morgan fingerprint density at radius 2 is 2.00 bits per heavy atom. The molecule has 1 amide bonds. The minimum atomic E-state index is -5.57. The monoisotopic (exact) mass is 275 g/mol. The van der Waals surface area contributed by atoms with Crippen molar-refractivity contribution in [2.45, 2.75) is 31.4 Å². The molecule has 0 fully saturated rings. The molecule has 0 bridgehead atoms. The van der Waals surface area contributed by atoms with Gasteiger partial charge in [-0.15, -0.1) is 0 Å². The lowest BCUT2D eigenvalue weighted by Gasteiger charge is -2.13. The predicted octanol–water partition coefficient (Wildman–Crippen LogP) is 1.38. The first-order valence-electron chi connectivity index (χ1n) is 4.96. The van der Waals surface area contributed by atoms with E-state index in [1.165, 1.54) is 0 Å². The topological polar surface area (TPSA) is 92.7 Å². The Bertz CT molecular complexity index is 344. The molecule has 0 atom stereocenters. The molecule has 0 aliphatic carbocycles. The van der Waals surface area contributed by atoms with E-state index in [2.05, 4.69) is 10.1 Å². The lowest BCUT2D eigenvalue weighted by Crippen LogP contribution is -2.37. The average Bonchev–Trinajstić information content (AvgIpc) is 2.20. The first-order valence-corrected chi connectivity index (χ1v) is 6.40. The van der Waals surface area contributed by atoms with Crippen LogP contribution in [0.1, 0.15) is 26.2 Å². The van der Waals surface area contributed by atoms with Gasteiger partial charge in [0.2, 0.25) is 0 Å². The molecule has 0 saturated heterocycles. The SMILES string of the molecule is CCCCCNC(=O)OCC(F)(F)S(=O)(=O)O. The van der Waals surface area contributed by atoms with E-state index >= 15 is 0 Å². The summed E-state index contributed by atoms with van der Waals surface area (Å²) in [6.45, 7) is 0.487. The number of unbranched alkanes of at least 4 members (excludes halogenated alkanes) is 2. The van der Waals surface area contributed by atoms with E-state index in [4.69, 9.17) is 4.55 Å². The molecule has 0 aliphatic rings. The normalized spacial score (nSPS) is 12.2. The molecule has 0 unspecified atom stereocenters. The van der Waals surface area contributed by atoms with Crippen molar-refractivity contribution >= 4 is 16.2 Å². The van der Waals surface area contributed by atoms with Crippen LogP contribution in [0, 0.1) is 0 Å². The molecule has 2 N–H and O–H groups in total. The molecular formula is C8H15F2NO5S. The minimum absolute atomic E-state index is 0.254. The van der Waals surface area contributed by atoms with Crippen molar-refractivity contribution in [3.63, 3.8) is 0 Å². The van der Waals surface area contributed by atoms with Crippen LogP contribution in [0.5, 0.6) is 0 Å². The number of carbonyl (C=O) groups is 1. The van der Waals surface area contributed by atoms with E-state index in [0.717, 1.165) is 12.8 Å². The number of hydrogen-bond donors (Lipinski definition) is 2. The van der Waals surface area contributed by atoms with Crippen molar-refractivity contribution in [1.82, 2.24) is 5.32 Å². The third kappa shape index (κ3) is 6.37. The highest BCUT2D eigenvalue weighted by atomic mass is 32.2. The van der Waals surface area contributed by atoms with Crippen molar-refractivity contribution in [2.24, 2.45) is 0 Å². The quantitative estimate of drug-likeness (QED) is 0.541. The number of ether oxygens (including phenoxy) is 1. The highest BCUT2D eigenvalue weighted by molar-refractivity contribution is 7.86. The van der Waals surface area contributed by atoms with E-state index in [-0.39, 0.29) is 6.54 Å². The van der Waals surface area contributed by atoms with Crippen LogP contribution in [0.25, 0.3) is 0 Å². The van der Waals surface area contributed by atoms with Crippen molar-refractivity contribution in [2.75, 3.05) is 13.2 Å². The Balaban J connectivity index is 3.92. The largest absolute Gasteiger partial charge is 0.442 e. The number of alkyl halides is 2. The third-order valence-electron chi connectivity index (χ3n) is 1.80. The van der Waals surface area contributed by atoms with Crippen LogP contribution in [0.2, 0.25) is 0 Å². The van der Waals surface area contributed by atoms with Gasteiger partial charge in [0.15, 0.2) is 6.61 Å². The average molecular weight is 275 g/mol. The van der Waals surface area contributed by atoms with E-state index < -0.39 is 28.1 Å². The molecule has 0 aromatic heterocycles. The minimum Gasteiger partial charge on any atom is -0.442 e. The molecule has 6 nitrogen and oxygen atoms in total. The van der Waals surface area contributed by atoms with Gasteiger partial charge in [-0.2, -0.15) is 17.2 Å². The summed E-state index contributed by atoms with van der Waals surface area (Å²) in [5.74, 6) is 0. The Morgan fingerprint density at radius 1 is 1.41 bits per heavy atom. The Morgan fingerprint density at radius 3 is 2.47 bits per heavy atom. The van der Waals surface area contributed by atoms with Gasteiger partial charge in [0.1, 0.15) is 0 Å². The maximum absolute atomic E-state index is 12.6. The second kappa shape index (κ2) is 6.70. The first-order chi connectivity index (χ1) is 7.70. The molecule has 0 radical (unpaired) electrons. The second-order valence-corrected chi connectivity index (χ2v) is 4.87. The summed E-state index contributed by atoms with van der Waals surface area (Å²) < 4.78 is 57.6. The summed E-state index contributed by atoms with van der Waals surface area (Å²) >= 11 is 0. The molecule has 102 valence electrons. The molecule has 0 aromatic rings. The van der Waals surface area contributed by atoms with Crippen LogP contribution < -0.4 is 5.32 Å². The lowest BCUT2D eigenvalue weighted by molar-refractivity contribution is 0.00741. The molecule has 0 rings (SSSR count). The standard InChI is InChI=1S/C8H15F2NO5S/c1-2-3-4-5-11-7(12)16-6-8(9,10)17(13,14)15/h2-6H2,1H3,(H,11,12)(H,13,14,15). The van der Waals surface area contributed by atoms with Gasteiger partial charge in [-0.3, -0.25) is 4.55 Å². The number of hydrogen-bond acceptors (Lipinski definition) is 4. The number of alkyl carbamates (subject to hydrolysis) is 1. The van der Waals surface area contributed by atoms with E-state index in [1.54, 1.807) is 0 Å². The summed E-state index contributed by atoms with van der Waals surface area (Å²) in [6.07, 6.45) is 1.31. The summed E-state index contributed by atoms with van der Waals surface area (Å²) in [6, 6.07) is 0. The van der Waals surface area contributed by atoms with Crippen LogP contribution >= 0.6 is 0 Å². The highest BCUT2D eigenvalue weighted by Crippen LogP contribution is 2.20. The van der Waals surface area contributed by atoms with Gasteiger partial charge in [0, 0.05) is 6.54 Å². The molecule has 0 aromatic carbocycles. The van der Waals surface area contributed by atoms with E-state index in [0.29, 0.717) is 6.42 Å². The van der Waals surface area contributed by atoms with Gasteiger partial charge >= 0.3 is 21.5 Å². The number of halogens is 2. The fourth-order valence-electron chi connectivity index (χ4n) is 0.841. The van der Waals surface area contributed by atoms with Crippen LogP contribution in [-0.4, -0.2) is 37.5 Å². The zero-order chi connectivity index (χ0) is 13.5. The fraction of sp³-hybridized carbons (Fsp3) is 0.875. The number of nitrogens with one attached hydrogen (secondary N) is 1. The first kappa shape index (κ1) is 16.0. The van der Waals surface area contributed by atoms with E-state index in [9.17, 15) is 22.0 Å². The van der Waals surface area contributed by atoms with Gasteiger partial charge in [0.05, 0.1) is 0 Å². The molecule has 9 heteroatoms. The van der Waals surface area contributed by atoms with Gasteiger partial charge < -0.3 is 10.1 Å². The van der Waals surface area contributed by atoms with Crippen molar-refractivity contribution < 1.29 is 31.3 Å². The van der Waals surface area contributed by atoms with Gasteiger partial charge in [-0.05, 0) is 6.42 Å². The number of amides is 1. The number of carbonyl (C=O) groups excluding carboxylic acids is 1. The number of rotatable bonds is 7.